The molecule has 0 aromatic heterocycles. The number of hydrogen-bond donors (Lipinski definition) is 3. The lowest BCUT2D eigenvalue weighted by Crippen LogP contribution is -2.74. The molecule has 512 valence electrons. The molecule has 0 amide bonds. The molecule has 8 heterocycles. The summed E-state index contributed by atoms with van der Waals surface area (Å²) < 4.78 is 52.5. The lowest BCUT2D eigenvalue weighted by Gasteiger charge is -2.62. The fourth-order valence-electron chi connectivity index (χ4n) is 18.1. The molecule has 97 heavy (non-hydrogen) atoms. The maximum Gasteiger partial charge on any atom is 0.309 e. The molecule has 4 aromatic rings. The Morgan fingerprint density at radius 2 is 1.10 bits per heavy atom. The molecule has 8 aliphatic heterocycles. The molecular formula is C75H86N6O15S. The number of benzene rings is 4. The van der Waals surface area contributed by atoms with E-state index in [-0.39, 0.29) is 107 Å². The van der Waals surface area contributed by atoms with Gasteiger partial charge in [-0.25, -0.2) is 0 Å². The molecule has 4 aromatic carbocycles. The number of Topliss-reactive ketones (excluding diaryl/α,β-unsaturated/α-hetero) is 2. The number of carbonyl (C=O) groups is 3. The smallest absolute Gasteiger partial charge is 0.309 e. The van der Waals surface area contributed by atoms with Gasteiger partial charge in [-0.3, -0.25) is 34.0 Å². The number of rotatable bonds is 14. The van der Waals surface area contributed by atoms with E-state index in [0.29, 0.717) is 52.6 Å². The zero-order valence-corrected chi connectivity index (χ0v) is 56.8. The third-order valence-corrected chi connectivity index (χ3v) is 24.0. The lowest BCUT2D eigenvalue weighted by molar-refractivity contribution is -0.160. The second kappa shape index (κ2) is 25.9. The molecule has 11 aliphatic rings. The van der Waals surface area contributed by atoms with Crippen LogP contribution in [-0.2, 0) is 60.4 Å². The van der Waals surface area contributed by atoms with E-state index < -0.39 is 71.5 Å². The molecule has 4 unspecified atom stereocenters. The van der Waals surface area contributed by atoms with Crippen LogP contribution in [-0.4, -0.2) is 192 Å². The molecule has 0 spiro atoms. The maximum atomic E-state index is 14.4. The number of aliphatic hydroxyl groups is 3. The summed E-state index contributed by atoms with van der Waals surface area (Å²) in [6, 6.07) is 21.4. The Hall–Kier alpha value is -7.58. The first-order valence-corrected chi connectivity index (χ1v) is 34.1. The lowest BCUT2D eigenvalue weighted by atomic mass is 9.64. The van der Waals surface area contributed by atoms with Gasteiger partial charge < -0.3 is 58.0 Å². The number of likely N-dealkylation sites (N-methyl/N-ethyl adjacent to an activating group) is 2. The summed E-state index contributed by atoms with van der Waals surface area (Å²) in [7, 11) is 7.15. The molecule has 0 saturated carbocycles. The Bertz CT molecular complexity index is 4110. The van der Waals surface area contributed by atoms with E-state index >= 15 is 0 Å². The zero-order valence-electron chi connectivity index (χ0n) is 56.0. The van der Waals surface area contributed by atoms with Crippen LogP contribution in [0.25, 0.3) is 11.1 Å². The summed E-state index contributed by atoms with van der Waals surface area (Å²) in [4.78, 5) is 50.5. The number of ether oxygens (including phenoxy) is 9. The number of nitrogens with zero attached hydrogens (tertiary/aromatic N) is 6. The maximum absolute atomic E-state index is 14.4. The number of nitriles is 2. The number of thioether (sulfide) groups is 1. The van der Waals surface area contributed by atoms with Crippen LogP contribution in [0.3, 0.4) is 0 Å². The predicted molar refractivity (Wildman–Crippen MR) is 358 cm³/mol. The van der Waals surface area contributed by atoms with Gasteiger partial charge in [0, 0.05) is 102 Å². The summed E-state index contributed by atoms with van der Waals surface area (Å²) in [6.07, 6.45) is 1.21. The summed E-state index contributed by atoms with van der Waals surface area (Å²) in [5.74, 6) is 2.45. The summed E-state index contributed by atoms with van der Waals surface area (Å²) in [6.45, 7) is 12.6. The number of aliphatic hydroxyl groups excluding tert-OH is 1. The number of carbonyl (C=O) groups excluding carboxylic acids is 3. The van der Waals surface area contributed by atoms with E-state index in [2.05, 4.69) is 87.5 Å². The number of methoxy groups -OCH3 is 2. The third kappa shape index (κ3) is 10.3. The highest BCUT2D eigenvalue weighted by molar-refractivity contribution is 7.99. The highest BCUT2D eigenvalue weighted by atomic mass is 32.2. The van der Waals surface area contributed by atoms with Crippen molar-refractivity contribution in [3.05, 3.63) is 162 Å². The average Bonchev–Trinajstić information content (AvgIpc) is 1.37. The van der Waals surface area contributed by atoms with Gasteiger partial charge in [0.1, 0.15) is 30.2 Å². The third-order valence-electron chi connectivity index (χ3n) is 22.7. The van der Waals surface area contributed by atoms with Crippen LogP contribution >= 0.6 is 11.8 Å². The highest BCUT2D eigenvalue weighted by Crippen LogP contribution is 2.59. The molecule has 4 bridgehead atoms. The number of aryl methyl sites for hydroxylation is 2. The average molecular weight is 1340 g/mol. The first-order valence-electron chi connectivity index (χ1n) is 33.0. The van der Waals surface area contributed by atoms with Crippen molar-refractivity contribution in [3.63, 3.8) is 0 Å². The highest BCUT2D eigenvalue weighted by Gasteiger charge is 2.67. The largest absolute Gasteiger partial charge is 0.467 e. The minimum Gasteiger partial charge on any atom is -0.467 e. The van der Waals surface area contributed by atoms with E-state index in [1.807, 2.05) is 53.6 Å². The van der Waals surface area contributed by atoms with Crippen LogP contribution < -0.4 is 9.47 Å². The van der Waals surface area contributed by atoms with E-state index in [9.17, 15) is 40.2 Å². The van der Waals surface area contributed by atoms with Gasteiger partial charge in [0.15, 0.2) is 59.4 Å². The first-order chi connectivity index (χ1) is 46.2. The Morgan fingerprint density at radius 3 is 1.55 bits per heavy atom. The Labute approximate surface area is 570 Å². The van der Waals surface area contributed by atoms with Crippen LogP contribution in [0.2, 0.25) is 0 Å². The number of fused-ring (bicyclic) bond motifs is 19. The van der Waals surface area contributed by atoms with Crippen LogP contribution in [0.1, 0.15) is 115 Å². The van der Waals surface area contributed by atoms with Crippen molar-refractivity contribution < 1.29 is 72.3 Å². The van der Waals surface area contributed by atoms with Gasteiger partial charge in [-0.2, -0.15) is 22.3 Å². The molecule has 13 atom stereocenters. The second-order valence-electron chi connectivity index (χ2n) is 27.5. The standard InChI is InChI=1S/C46H49N3O8S.C28H33N3O7.CH4/c1-24-15-28-16-34-36(18-47)49-35(40(48(34)5)38(28)41(26(24)3)55-22-53-6)17-46(52)39(43-42(56-23-57-43)27(4)44(46)50)37(49)19-54-45(51)25(2)20-58-21-33-31-13-9-7-11-29(31)30-12-8-10-14-32(30)33;1-13-6-16-7-17-19(9-29)31-18(23(30(17)4)21(16)24(14(13)2)36-11-35-5)8-28(34)22(20(31)10-32)26-25(37-12-38-26)15(3)27(28)33;/h7-15,25,33-37,40,52H,16-17,19-23H2,1-6H3;6,17-20,23,32,34H,7-8,10-12H2,1-5H3;1H4/t25-,34+,35?,36+,37+,40+,46?;17-,18?,19-,20-,23-,28?;/m10./s1. The van der Waals surface area contributed by atoms with Gasteiger partial charge in [-0.15, -0.1) is 0 Å². The predicted octanol–water partition coefficient (Wildman–Crippen LogP) is 8.11. The number of esters is 1. The molecule has 6 fully saturated rings. The van der Waals surface area contributed by atoms with Gasteiger partial charge in [-0.05, 0) is 124 Å². The number of piperazine rings is 2. The molecule has 21 nitrogen and oxygen atoms in total. The fraction of sp³-hybridized carbons (Fsp3) is 0.507. The van der Waals surface area contributed by atoms with E-state index in [1.165, 1.54) is 22.3 Å². The second-order valence-corrected chi connectivity index (χ2v) is 28.6. The van der Waals surface area contributed by atoms with Gasteiger partial charge in [0.05, 0.1) is 48.8 Å². The monoisotopic (exact) mass is 1340 g/mol. The van der Waals surface area contributed by atoms with Crippen LogP contribution in [0, 0.1) is 56.3 Å². The molecule has 22 heteroatoms. The van der Waals surface area contributed by atoms with Crippen molar-refractivity contribution in [2.24, 2.45) is 5.92 Å². The zero-order chi connectivity index (χ0) is 67.7. The molecule has 3 aliphatic carbocycles. The van der Waals surface area contributed by atoms with Crippen molar-refractivity contribution in [1.82, 2.24) is 19.6 Å². The number of ketones is 2. The van der Waals surface area contributed by atoms with Crippen LogP contribution in [0.4, 0.5) is 0 Å². The Morgan fingerprint density at radius 1 is 0.670 bits per heavy atom. The molecule has 3 N–H and O–H groups in total. The molecular weight excluding hydrogens is 1260 g/mol. The Balaban J connectivity index is 0.000000189. The minimum atomic E-state index is -2.00. The van der Waals surface area contributed by atoms with Crippen molar-refractivity contribution in [2.75, 3.05) is 80.2 Å². The van der Waals surface area contributed by atoms with Crippen molar-refractivity contribution in [3.8, 4) is 34.8 Å². The number of piperidine rings is 2. The quantitative estimate of drug-likeness (QED) is 0.0796. The molecule has 0 radical (unpaired) electrons. The van der Waals surface area contributed by atoms with E-state index in [1.54, 1.807) is 39.8 Å². The fourth-order valence-corrected chi connectivity index (χ4v) is 19.3. The van der Waals surface area contributed by atoms with Crippen molar-refractivity contribution in [2.45, 2.75) is 159 Å². The van der Waals surface area contributed by atoms with E-state index in [0.717, 1.165) is 56.0 Å². The van der Waals surface area contributed by atoms with Crippen molar-refractivity contribution >= 4 is 29.3 Å². The van der Waals surface area contributed by atoms with Gasteiger partial charge in [0.2, 0.25) is 13.6 Å². The summed E-state index contributed by atoms with van der Waals surface area (Å²) >= 11 is 1.73. The first kappa shape index (κ1) is 68.0. The summed E-state index contributed by atoms with van der Waals surface area (Å²) in [5, 5.41) is 57.3. The molecule has 15 rings (SSSR count). The van der Waals surface area contributed by atoms with Crippen LogP contribution in [0.15, 0.2) is 106 Å². The van der Waals surface area contributed by atoms with Gasteiger partial charge >= 0.3 is 5.97 Å². The van der Waals surface area contributed by atoms with Gasteiger partial charge in [0.25, 0.3) is 0 Å². The van der Waals surface area contributed by atoms with E-state index in [4.69, 9.17) is 42.6 Å². The topological polar surface area (TPSA) is 256 Å². The van der Waals surface area contributed by atoms with Crippen LogP contribution in [0.5, 0.6) is 11.5 Å². The Kier molecular flexibility index (Phi) is 18.2. The van der Waals surface area contributed by atoms with Crippen molar-refractivity contribution in [1.29, 1.82) is 10.5 Å². The van der Waals surface area contributed by atoms with Gasteiger partial charge in [-0.1, -0.05) is 75.0 Å². The minimum absolute atomic E-state index is 0. The number of hydrogen-bond acceptors (Lipinski definition) is 22. The normalized spacial score (nSPS) is 29.9. The SMILES string of the molecule is C.COCOc1c(C)c(C)cc2c1[C@@H]1C3CC4(O)C(=O)C(C)=C5OCOC5=C4[C@H](CO)N3[C@@H](C#N)[C@H](C2)N1C.COCOc1c(C)c(C)cc2c1[C@@H]1C3CC4(O)C(=O)C(C)=C5OCOC5=C4[C@H](COC(=O)[C@H](C)CSCC4c5ccccc5-c5ccccc54)N3[C@@H](C#N)[C@H](C2)N1C. The molecule has 6 saturated heterocycles. The summed E-state index contributed by atoms with van der Waals surface area (Å²) in [5.41, 5.74) is 10.6.